The number of hydrogen-bond donors (Lipinski definition) is 1. The van der Waals surface area contributed by atoms with Gasteiger partial charge >= 0.3 is 0 Å². The highest BCUT2D eigenvalue weighted by molar-refractivity contribution is 9.10. The zero-order valence-corrected chi connectivity index (χ0v) is 13.0. The van der Waals surface area contributed by atoms with E-state index in [1.54, 1.807) is 18.5 Å². The molecule has 0 saturated heterocycles. The lowest BCUT2D eigenvalue weighted by atomic mass is 10.1. The normalized spacial score (nSPS) is 12.2. The summed E-state index contributed by atoms with van der Waals surface area (Å²) in [5.41, 5.74) is 1.18. The van der Waals surface area contributed by atoms with Crippen LogP contribution in [0.25, 0.3) is 0 Å². The van der Waals surface area contributed by atoms with Crippen molar-refractivity contribution in [1.82, 2.24) is 10.3 Å². The van der Waals surface area contributed by atoms with Crippen LogP contribution < -0.4 is 10.1 Å². The fourth-order valence-corrected chi connectivity index (χ4v) is 2.53. The van der Waals surface area contributed by atoms with Crippen molar-refractivity contribution in [2.24, 2.45) is 0 Å². The van der Waals surface area contributed by atoms with Crippen molar-refractivity contribution in [1.29, 1.82) is 0 Å². The standard InChI is InChI=1S/C14H14BrClN2O/c1-9(17-2)13-4-3-11(6-14(13)15)19-12-5-10(16)7-18-8-12/h3-9,17H,1-2H3. The minimum Gasteiger partial charge on any atom is -0.456 e. The van der Waals surface area contributed by atoms with Gasteiger partial charge in [0, 0.05) is 22.8 Å². The van der Waals surface area contributed by atoms with Crippen LogP contribution in [0.2, 0.25) is 5.02 Å². The van der Waals surface area contributed by atoms with Crippen molar-refractivity contribution < 1.29 is 4.74 Å². The highest BCUT2D eigenvalue weighted by Crippen LogP contribution is 2.30. The van der Waals surface area contributed by atoms with E-state index in [2.05, 4.69) is 33.2 Å². The van der Waals surface area contributed by atoms with Crippen LogP contribution in [-0.4, -0.2) is 12.0 Å². The average Bonchev–Trinajstić information content (AvgIpc) is 2.38. The van der Waals surface area contributed by atoms with Gasteiger partial charge in [0.25, 0.3) is 0 Å². The molecule has 0 aliphatic heterocycles. The Hall–Kier alpha value is -1.10. The zero-order valence-electron chi connectivity index (χ0n) is 10.7. The molecule has 2 rings (SSSR count). The van der Waals surface area contributed by atoms with Gasteiger partial charge in [-0.05, 0) is 31.7 Å². The summed E-state index contributed by atoms with van der Waals surface area (Å²) in [5, 5.41) is 3.75. The predicted octanol–water partition coefficient (Wildman–Crippen LogP) is 4.57. The van der Waals surface area contributed by atoms with Crippen LogP contribution in [0.3, 0.4) is 0 Å². The second kappa shape index (κ2) is 6.37. The lowest BCUT2D eigenvalue weighted by molar-refractivity contribution is 0.479. The van der Waals surface area contributed by atoms with E-state index >= 15 is 0 Å². The van der Waals surface area contributed by atoms with E-state index in [4.69, 9.17) is 16.3 Å². The third kappa shape index (κ3) is 3.69. The van der Waals surface area contributed by atoms with E-state index in [9.17, 15) is 0 Å². The van der Waals surface area contributed by atoms with Gasteiger partial charge in [-0.15, -0.1) is 0 Å². The highest BCUT2D eigenvalue weighted by atomic mass is 79.9. The summed E-state index contributed by atoms with van der Waals surface area (Å²) in [7, 11) is 1.93. The van der Waals surface area contributed by atoms with Gasteiger partial charge in [0.1, 0.15) is 11.5 Å². The third-order valence-corrected chi connectivity index (χ3v) is 3.68. The summed E-state index contributed by atoms with van der Waals surface area (Å²) < 4.78 is 6.71. The van der Waals surface area contributed by atoms with Crippen LogP contribution in [0, 0.1) is 0 Å². The molecule has 5 heteroatoms. The molecule has 3 nitrogen and oxygen atoms in total. The van der Waals surface area contributed by atoms with Gasteiger partial charge in [0.15, 0.2) is 0 Å². The van der Waals surface area contributed by atoms with E-state index < -0.39 is 0 Å². The molecule has 1 atom stereocenters. The van der Waals surface area contributed by atoms with Crippen molar-refractivity contribution in [3.8, 4) is 11.5 Å². The Labute approximate surface area is 126 Å². The number of benzene rings is 1. The van der Waals surface area contributed by atoms with Gasteiger partial charge in [-0.2, -0.15) is 0 Å². The smallest absolute Gasteiger partial charge is 0.147 e. The molecule has 0 radical (unpaired) electrons. The molecule has 0 bridgehead atoms. The topological polar surface area (TPSA) is 34.1 Å². The number of halogens is 2. The molecule has 2 aromatic rings. The molecular weight excluding hydrogens is 328 g/mol. The van der Waals surface area contributed by atoms with Gasteiger partial charge in [-0.3, -0.25) is 4.98 Å². The summed E-state index contributed by atoms with van der Waals surface area (Å²) in [6.07, 6.45) is 3.20. The maximum atomic E-state index is 5.87. The number of nitrogens with one attached hydrogen (secondary N) is 1. The van der Waals surface area contributed by atoms with Crippen molar-refractivity contribution in [2.75, 3.05) is 7.05 Å². The van der Waals surface area contributed by atoms with Gasteiger partial charge in [-0.25, -0.2) is 0 Å². The summed E-state index contributed by atoms with van der Waals surface area (Å²) in [5.74, 6) is 1.36. The van der Waals surface area contributed by atoms with Gasteiger partial charge in [0.05, 0.1) is 11.2 Å². The fourth-order valence-electron chi connectivity index (χ4n) is 1.66. The Morgan fingerprint density at radius 1 is 1.26 bits per heavy atom. The van der Waals surface area contributed by atoms with Crippen LogP contribution in [-0.2, 0) is 0 Å². The fraction of sp³-hybridized carbons (Fsp3) is 0.214. The van der Waals surface area contributed by atoms with Crippen LogP contribution in [0.15, 0.2) is 41.1 Å². The summed E-state index contributed by atoms with van der Waals surface area (Å²) in [6, 6.07) is 7.89. The number of hydrogen-bond acceptors (Lipinski definition) is 3. The van der Waals surface area contributed by atoms with Crippen LogP contribution in [0.4, 0.5) is 0 Å². The van der Waals surface area contributed by atoms with E-state index in [1.165, 1.54) is 5.56 Å². The molecule has 0 saturated carbocycles. The van der Waals surface area contributed by atoms with E-state index in [-0.39, 0.29) is 6.04 Å². The molecule has 0 amide bonds. The van der Waals surface area contributed by atoms with Crippen molar-refractivity contribution >= 4 is 27.5 Å². The number of aromatic nitrogens is 1. The minimum atomic E-state index is 0.274. The number of pyridine rings is 1. The highest BCUT2D eigenvalue weighted by Gasteiger charge is 2.08. The molecule has 1 unspecified atom stereocenters. The molecule has 0 fully saturated rings. The van der Waals surface area contributed by atoms with Crippen molar-refractivity contribution in [2.45, 2.75) is 13.0 Å². The van der Waals surface area contributed by atoms with Crippen molar-refractivity contribution in [3.63, 3.8) is 0 Å². The molecule has 1 aromatic carbocycles. The van der Waals surface area contributed by atoms with Crippen LogP contribution in [0.5, 0.6) is 11.5 Å². The summed E-state index contributed by atoms with van der Waals surface area (Å²) in [4.78, 5) is 3.98. The maximum Gasteiger partial charge on any atom is 0.147 e. The second-order valence-electron chi connectivity index (χ2n) is 4.13. The Balaban J connectivity index is 2.21. The molecule has 1 aromatic heterocycles. The minimum absolute atomic E-state index is 0.274. The first-order chi connectivity index (χ1) is 9.10. The Bertz CT molecular complexity index is 577. The van der Waals surface area contributed by atoms with E-state index in [1.807, 2.05) is 25.2 Å². The molecule has 1 N–H and O–H groups in total. The quantitative estimate of drug-likeness (QED) is 0.884. The summed E-state index contributed by atoms with van der Waals surface area (Å²) >= 11 is 9.42. The SMILES string of the molecule is CNC(C)c1ccc(Oc2cncc(Cl)c2)cc1Br. The summed E-state index contributed by atoms with van der Waals surface area (Å²) in [6.45, 7) is 2.10. The molecule has 0 spiro atoms. The Morgan fingerprint density at radius 2 is 2.05 bits per heavy atom. The van der Waals surface area contributed by atoms with Gasteiger partial charge < -0.3 is 10.1 Å². The average molecular weight is 342 g/mol. The van der Waals surface area contributed by atoms with E-state index in [0.717, 1.165) is 10.2 Å². The zero-order chi connectivity index (χ0) is 13.8. The maximum absolute atomic E-state index is 5.87. The van der Waals surface area contributed by atoms with Crippen molar-refractivity contribution in [3.05, 3.63) is 51.7 Å². The second-order valence-corrected chi connectivity index (χ2v) is 5.43. The third-order valence-electron chi connectivity index (χ3n) is 2.79. The molecule has 19 heavy (non-hydrogen) atoms. The molecule has 0 aliphatic rings. The number of rotatable bonds is 4. The molecule has 100 valence electrons. The van der Waals surface area contributed by atoms with Gasteiger partial charge in [-0.1, -0.05) is 33.6 Å². The molecular formula is C14H14BrClN2O. The first-order valence-corrected chi connectivity index (χ1v) is 7.02. The molecule has 0 aliphatic carbocycles. The van der Waals surface area contributed by atoms with Gasteiger partial charge in [0.2, 0.25) is 0 Å². The predicted molar refractivity (Wildman–Crippen MR) is 80.9 cm³/mol. The number of nitrogens with zero attached hydrogens (tertiary/aromatic N) is 1. The largest absolute Gasteiger partial charge is 0.456 e. The number of ether oxygens (including phenoxy) is 1. The lowest BCUT2D eigenvalue weighted by Crippen LogP contribution is -2.12. The Morgan fingerprint density at radius 3 is 2.68 bits per heavy atom. The first kappa shape index (κ1) is 14.3. The van der Waals surface area contributed by atoms with Crippen LogP contribution >= 0.6 is 27.5 Å². The van der Waals surface area contributed by atoms with Crippen LogP contribution in [0.1, 0.15) is 18.5 Å². The monoisotopic (exact) mass is 340 g/mol. The first-order valence-electron chi connectivity index (χ1n) is 5.85. The lowest BCUT2D eigenvalue weighted by Gasteiger charge is -2.14. The van der Waals surface area contributed by atoms with E-state index in [0.29, 0.717) is 10.8 Å². The molecule has 1 heterocycles. The Kier molecular flexibility index (Phi) is 4.80.